The lowest BCUT2D eigenvalue weighted by Crippen LogP contribution is -2.37. The molecule has 2 aliphatic heterocycles. The highest BCUT2D eigenvalue weighted by Crippen LogP contribution is 2.29. The topological polar surface area (TPSA) is 27.6 Å². The van der Waals surface area contributed by atoms with Crippen LogP contribution in [0.2, 0.25) is 0 Å². The van der Waals surface area contributed by atoms with Crippen LogP contribution >= 0.6 is 0 Å². The van der Waals surface area contributed by atoms with Crippen LogP contribution in [-0.4, -0.2) is 30.5 Å². The predicted molar refractivity (Wildman–Crippen MR) is 60.7 cm³/mol. The van der Waals surface area contributed by atoms with Gasteiger partial charge in [-0.05, 0) is 24.1 Å². The van der Waals surface area contributed by atoms with Crippen molar-refractivity contribution in [3.8, 4) is 0 Å². The monoisotopic (exact) mass is 237 g/mol. The summed E-state index contributed by atoms with van der Waals surface area (Å²) < 4.78 is 26.4. The number of halogens is 2. The molecule has 1 N–H and O–H groups in total. The van der Waals surface area contributed by atoms with Crippen LogP contribution in [0.5, 0.6) is 0 Å². The third-order valence-electron chi connectivity index (χ3n) is 3.22. The predicted octanol–water partition coefficient (Wildman–Crippen LogP) is 1.67. The zero-order chi connectivity index (χ0) is 11.8. The molecule has 90 valence electrons. The molecule has 2 aliphatic rings. The second-order valence-electron chi connectivity index (χ2n) is 4.33. The Hall–Kier alpha value is -1.65. The molecule has 1 saturated heterocycles. The van der Waals surface area contributed by atoms with Gasteiger partial charge in [-0.25, -0.2) is 8.78 Å². The van der Waals surface area contributed by atoms with Crippen LogP contribution in [0.25, 0.3) is 0 Å². The minimum atomic E-state index is -0.517. The molecular weight excluding hydrogens is 224 g/mol. The molecule has 5 heteroatoms. The van der Waals surface area contributed by atoms with Gasteiger partial charge in [-0.2, -0.15) is 0 Å². The number of guanidine groups is 1. The third-order valence-corrected chi connectivity index (χ3v) is 3.22. The molecule has 1 atom stereocenters. The van der Waals surface area contributed by atoms with Crippen LogP contribution in [0.1, 0.15) is 18.0 Å². The maximum absolute atomic E-state index is 13.2. The van der Waals surface area contributed by atoms with Gasteiger partial charge in [0.2, 0.25) is 0 Å². The maximum atomic E-state index is 13.2. The van der Waals surface area contributed by atoms with E-state index in [0.717, 1.165) is 31.5 Å². The largest absolute Gasteiger partial charge is 0.354 e. The van der Waals surface area contributed by atoms with Crippen LogP contribution in [-0.2, 0) is 0 Å². The second kappa shape index (κ2) is 3.98. The first-order chi connectivity index (χ1) is 8.24. The molecule has 0 radical (unpaired) electrons. The van der Waals surface area contributed by atoms with E-state index < -0.39 is 11.6 Å². The number of aliphatic imine (C=N–C) groups is 1. The molecule has 1 fully saturated rings. The molecule has 0 amide bonds. The molecule has 0 aromatic heterocycles. The molecule has 17 heavy (non-hydrogen) atoms. The van der Waals surface area contributed by atoms with Gasteiger partial charge in [-0.1, -0.05) is 0 Å². The van der Waals surface area contributed by atoms with Crippen LogP contribution in [0.4, 0.5) is 8.78 Å². The number of nitrogens with zero attached hydrogens (tertiary/aromatic N) is 2. The average Bonchev–Trinajstić information content (AvgIpc) is 2.75. The Balaban J connectivity index is 1.95. The smallest absolute Gasteiger partial charge is 0.194 e. The van der Waals surface area contributed by atoms with Crippen LogP contribution in [0, 0.1) is 11.6 Å². The lowest BCUT2D eigenvalue weighted by Gasteiger charge is -2.32. The first-order valence-corrected chi connectivity index (χ1v) is 5.75. The average molecular weight is 237 g/mol. The van der Waals surface area contributed by atoms with E-state index in [9.17, 15) is 8.78 Å². The molecule has 0 spiro atoms. The van der Waals surface area contributed by atoms with Gasteiger partial charge in [-0.15, -0.1) is 0 Å². The Bertz CT molecular complexity index is 453. The molecule has 3 nitrogen and oxygen atoms in total. The summed E-state index contributed by atoms with van der Waals surface area (Å²) in [6.45, 7) is 2.37. The summed E-state index contributed by atoms with van der Waals surface area (Å²) in [6, 6.07) is 3.76. The van der Waals surface area contributed by atoms with Crippen molar-refractivity contribution in [2.75, 3.05) is 19.6 Å². The summed E-state index contributed by atoms with van der Waals surface area (Å²) in [6.07, 6.45) is 0.800. The van der Waals surface area contributed by atoms with Crippen molar-refractivity contribution in [1.82, 2.24) is 10.2 Å². The van der Waals surface area contributed by atoms with Gasteiger partial charge in [0.15, 0.2) is 5.96 Å². The van der Waals surface area contributed by atoms with Crippen molar-refractivity contribution >= 4 is 5.96 Å². The van der Waals surface area contributed by atoms with Crippen molar-refractivity contribution < 1.29 is 8.78 Å². The summed E-state index contributed by atoms with van der Waals surface area (Å²) in [5.74, 6) is -0.182. The second-order valence-corrected chi connectivity index (χ2v) is 4.33. The summed E-state index contributed by atoms with van der Waals surface area (Å²) >= 11 is 0. The summed E-state index contributed by atoms with van der Waals surface area (Å²) in [7, 11) is 0. The molecule has 2 heterocycles. The van der Waals surface area contributed by atoms with Gasteiger partial charge in [0.25, 0.3) is 0 Å². The van der Waals surface area contributed by atoms with Crippen LogP contribution in [0.15, 0.2) is 23.2 Å². The fraction of sp³-hybridized carbons (Fsp3) is 0.417. The number of benzene rings is 1. The summed E-state index contributed by atoms with van der Waals surface area (Å²) in [5, 5.41) is 3.18. The number of hydrogen-bond donors (Lipinski definition) is 1. The Labute approximate surface area is 98.1 Å². The Morgan fingerprint density at radius 3 is 2.76 bits per heavy atom. The molecule has 3 rings (SSSR count). The summed E-state index contributed by atoms with van der Waals surface area (Å²) in [5.41, 5.74) is 0.693. The van der Waals surface area contributed by atoms with E-state index in [0.29, 0.717) is 12.1 Å². The first kappa shape index (κ1) is 10.5. The number of hydrogen-bond acceptors (Lipinski definition) is 3. The number of nitrogens with one attached hydrogen (secondary N) is 1. The van der Waals surface area contributed by atoms with Crippen molar-refractivity contribution in [1.29, 1.82) is 0 Å². The van der Waals surface area contributed by atoms with E-state index >= 15 is 0 Å². The molecule has 1 unspecified atom stereocenters. The zero-order valence-corrected chi connectivity index (χ0v) is 9.29. The Morgan fingerprint density at radius 1 is 1.24 bits per heavy atom. The van der Waals surface area contributed by atoms with E-state index in [1.165, 1.54) is 12.1 Å². The first-order valence-electron chi connectivity index (χ1n) is 5.75. The van der Waals surface area contributed by atoms with Gasteiger partial charge in [-0.3, -0.25) is 4.99 Å². The minimum absolute atomic E-state index is 0.0303. The maximum Gasteiger partial charge on any atom is 0.194 e. The van der Waals surface area contributed by atoms with Crippen LogP contribution < -0.4 is 5.32 Å². The fourth-order valence-electron chi connectivity index (χ4n) is 2.51. The normalized spacial score (nSPS) is 23.1. The lowest BCUT2D eigenvalue weighted by molar-refractivity contribution is 0.313. The fourth-order valence-corrected chi connectivity index (χ4v) is 2.51. The van der Waals surface area contributed by atoms with Gasteiger partial charge in [0.05, 0.1) is 6.04 Å². The number of fused-ring (bicyclic) bond motifs is 1. The van der Waals surface area contributed by atoms with Crippen LogP contribution in [0.3, 0.4) is 0 Å². The minimum Gasteiger partial charge on any atom is -0.354 e. The van der Waals surface area contributed by atoms with Gasteiger partial charge < -0.3 is 10.2 Å². The van der Waals surface area contributed by atoms with E-state index in [-0.39, 0.29) is 6.04 Å². The molecule has 1 aromatic rings. The van der Waals surface area contributed by atoms with E-state index in [4.69, 9.17) is 0 Å². The standard InChI is InChI=1S/C12H13F2N3/c13-9-5-8(6-10(14)7-9)11-1-2-15-12-16-3-4-17(11)12/h5-7,11H,1-4H2,(H,15,16). The molecule has 0 saturated carbocycles. The van der Waals surface area contributed by atoms with E-state index in [1.54, 1.807) is 0 Å². The highest BCUT2D eigenvalue weighted by atomic mass is 19.1. The van der Waals surface area contributed by atoms with Crippen molar-refractivity contribution in [3.63, 3.8) is 0 Å². The molecular formula is C12H13F2N3. The number of rotatable bonds is 1. The third kappa shape index (κ3) is 1.85. The zero-order valence-electron chi connectivity index (χ0n) is 9.29. The highest BCUT2D eigenvalue weighted by molar-refractivity contribution is 5.82. The van der Waals surface area contributed by atoms with E-state index in [2.05, 4.69) is 15.2 Å². The highest BCUT2D eigenvalue weighted by Gasteiger charge is 2.30. The van der Waals surface area contributed by atoms with Crippen molar-refractivity contribution in [3.05, 3.63) is 35.4 Å². The summed E-state index contributed by atoms with van der Waals surface area (Å²) in [4.78, 5) is 6.44. The van der Waals surface area contributed by atoms with Gasteiger partial charge in [0, 0.05) is 25.7 Å². The Kier molecular flexibility index (Phi) is 2.46. The lowest BCUT2D eigenvalue weighted by atomic mass is 10.0. The van der Waals surface area contributed by atoms with Crippen molar-refractivity contribution in [2.24, 2.45) is 4.99 Å². The molecule has 1 aromatic carbocycles. The van der Waals surface area contributed by atoms with Gasteiger partial charge in [0.1, 0.15) is 11.6 Å². The molecule has 0 aliphatic carbocycles. The SMILES string of the molecule is Fc1cc(F)cc(C2CCN=C3NCCN32)c1. The van der Waals surface area contributed by atoms with E-state index in [1.807, 2.05) is 0 Å². The van der Waals surface area contributed by atoms with Gasteiger partial charge >= 0.3 is 0 Å². The Morgan fingerprint density at radius 2 is 2.00 bits per heavy atom. The van der Waals surface area contributed by atoms with Crippen molar-refractivity contribution in [2.45, 2.75) is 12.5 Å². The quantitative estimate of drug-likeness (QED) is 0.804. The molecule has 0 bridgehead atoms.